The van der Waals surface area contributed by atoms with E-state index in [0.717, 1.165) is 0 Å². The molecule has 0 aliphatic carbocycles. The van der Waals surface area contributed by atoms with Crippen LogP contribution >= 0.6 is 0 Å². The number of oxazole rings is 1. The molecule has 0 spiro atoms. The smallest absolute Gasteiger partial charge is 0.324 e. The number of halogens is 4. The summed E-state index contributed by atoms with van der Waals surface area (Å²) in [5.41, 5.74) is 6.59. The van der Waals surface area contributed by atoms with E-state index >= 15 is 0 Å². The molecule has 1 aromatic heterocycles. The van der Waals surface area contributed by atoms with E-state index in [4.69, 9.17) is 10.2 Å². The molecule has 0 unspecified atom stereocenters. The van der Waals surface area contributed by atoms with Gasteiger partial charge in [-0.2, -0.15) is 13.8 Å². The number of nitrogens with two attached hydrogens (primary N) is 1. The molecule has 0 amide bonds. The van der Waals surface area contributed by atoms with Crippen LogP contribution in [0.25, 0.3) is 11.1 Å². The number of rotatable bonds is 4. The predicted octanol–water partition coefficient (Wildman–Crippen LogP) is 2.72. The fourth-order valence-electron chi connectivity index (χ4n) is 1.29. The van der Waals surface area contributed by atoms with E-state index in [-0.39, 0.29) is 11.6 Å². The van der Waals surface area contributed by atoms with Crippen LogP contribution in [0.1, 0.15) is 0 Å². The molecule has 0 aliphatic heterocycles. The van der Waals surface area contributed by atoms with Crippen LogP contribution in [0.5, 0.6) is 0 Å². The van der Waals surface area contributed by atoms with E-state index in [1.165, 1.54) is 12.1 Å². The van der Waals surface area contributed by atoms with Crippen molar-refractivity contribution in [1.29, 1.82) is 0 Å². The number of fused-ring (bicyclic) bond motifs is 1. The molecule has 0 radical (unpaired) electrons. The molecule has 0 atom stereocenters. The Kier molecular flexibility index (Phi) is 3.02. The second-order valence-corrected chi connectivity index (χ2v) is 3.66. The molecule has 0 fully saturated rings. The fourth-order valence-corrected chi connectivity index (χ4v) is 1.29. The summed E-state index contributed by atoms with van der Waals surface area (Å²) in [6.45, 7) is -1.26. The standard InChI is InChI=1S/C10H9F4N3O/c11-8(12)10(13,14)4-16-9-17-6-2-1-5(15)3-7(6)18-9/h1-3,8H,4,15H2,(H,16,17). The molecule has 0 aliphatic rings. The molecule has 8 heteroatoms. The first-order valence-electron chi connectivity index (χ1n) is 4.94. The van der Waals surface area contributed by atoms with Crippen LogP contribution in [-0.2, 0) is 0 Å². The molecule has 2 rings (SSSR count). The number of alkyl halides is 4. The highest BCUT2D eigenvalue weighted by Gasteiger charge is 2.40. The summed E-state index contributed by atoms with van der Waals surface area (Å²) in [5.74, 6) is -4.14. The zero-order valence-corrected chi connectivity index (χ0v) is 8.96. The summed E-state index contributed by atoms with van der Waals surface area (Å²) >= 11 is 0. The summed E-state index contributed by atoms with van der Waals surface area (Å²) in [6, 6.07) is 4.29. The molecule has 18 heavy (non-hydrogen) atoms. The first-order valence-corrected chi connectivity index (χ1v) is 4.94. The number of hydrogen-bond donors (Lipinski definition) is 2. The van der Waals surface area contributed by atoms with Crippen molar-refractivity contribution in [3.8, 4) is 0 Å². The average molecular weight is 263 g/mol. The highest BCUT2D eigenvalue weighted by atomic mass is 19.3. The van der Waals surface area contributed by atoms with Crippen LogP contribution in [0.4, 0.5) is 29.3 Å². The molecule has 0 saturated heterocycles. The first-order chi connectivity index (χ1) is 8.38. The zero-order valence-electron chi connectivity index (χ0n) is 8.96. The van der Waals surface area contributed by atoms with Crippen molar-refractivity contribution in [3.05, 3.63) is 18.2 Å². The molecule has 1 heterocycles. The maximum atomic E-state index is 12.6. The van der Waals surface area contributed by atoms with Crippen molar-refractivity contribution in [3.63, 3.8) is 0 Å². The highest BCUT2D eigenvalue weighted by Crippen LogP contribution is 2.25. The zero-order chi connectivity index (χ0) is 13.3. The second-order valence-electron chi connectivity index (χ2n) is 3.66. The van der Waals surface area contributed by atoms with Crippen molar-refractivity contribution < 1.29 is 22.0 Å². The van der Waals surface area contributed by atoms with Gasteiger partial charge in [-0.1, -0.05) is 0 Å². The molecule has 2 aromatic rings. The summed E-state index contributed by atoms with van der Waals surface area (Å²) < 4.78 is 54.2. The van der Waals surface area contributed by atoms with Gasteiger partial charge in [0.1, 0.15) is 5.52 Å². The van der Waals surface area contributed by atoms with Gasteiger partial charge in [-0.05, 0) is 12.1 Å². The highest BCUT2D eigenvalue weighted by molar-refractivity contribution is 5.78. The Morgan fingerprint density at radius 3 is 2.78 bits per heavy atom. The van der Waals surface area contributed by atoms with Gasteiger partial charge in [-0.25, -0.2) is 8.78 Å². The molecule has 0 saturated carbocycles. The van der Waals surface area contributed by atoms with Crippen molar-refractivity contribution in [2.45, 2.75) is 12.3 Å². The lowest BCUT2D eigenvalue weighted by Gasteiger charge is -2.14. The maximum Gasteiger partial charge on any atom is 0.324 e. The topological polar surface area (TPSA) is 64.1 Å². The van der Waals surface area contributed by atoms with Gasteiger partial charge in [0.05, 0.1) is 6.54 Å². The molecule has 1 aromatic carbocycles. The number of hydrogen-bond acceptors (Lipinski definition) is 4. The molecule has 98 valence electrons. The predicted molar refractivity (Wildman–Crippen MR) is 57.9 cm³/mol. The number of benzene rings is 1. The van der Waals surface area contributed by atoms with Gasteiger partial charge in [-0.3, -0.25) is 0 Å². The number of aromatic nitrogens is 1. The third-order valence-electron chi connectivity index (χ3n) is 2.21. The minimum Gasteiger partial charge on any atom is -0.423 e. The lowest BCUT2D eigenvalue weighted by Crippen LogP contribution is -2.34. The molecule has 4 nitrogen and oxygen atoms in total. The third kappa shape index (κ3) is 2.47. The van der Waals surface area contributed by atoms with Crippen molar-refractivity contribution >= 4 is 22.8 Å². The summed E-state index contributed by atoms with van der Waals surface area (Å²) in [6.07, 6.45) is -3.75. The lowest BCUT2D eigenvalue weighted by atomic mass is 10.3. The van der Waals surface area contributed by atoms with Crippen LogP contribution in [0.3, 0.4) is 0 Å². The van der Waals surface area contributed by atoms with Gasteiger partial charge in [-0.15, -0.1) is 0 Å². The molecule has 0 bridgehead atoms. The number of nitrogens with zero attached hydrogens (tertiary/aromatic N) is 1. The molecular weight excluding hydrogens is 254 g/mol. The number of anilines is 2. The quantitative estimate of drug-likeness (QED) is 0.657. The summed E-state index contributed by atoms with van der Waals surface area (Å²) in [5, 5.41) is 2.03. The van der Waals surface area contributed by atoms with Crippen molar-refractivity contribution in [1.82, 2.24) is 4.98 Å². The van der Waals surface area contributed by atoms with E-state index in [9.17, 15) is 17.6 Å². The van der Waals surface area contributed by atoms with Crippen LogP contribution in [0.15, 0.2) is 22.6 Å². The normalized spacial score (nSPS) is 12.3. The Morgan fingerprint density at radius 2 is 2.11 bits per heavy atom. The summed E-state index contributed by atoms with van der Waals surface area (Å²) in [7, 11) is 0. The van der Waals surface area contributed by atoms with Gasteiger partial charge in [0, 0.05) is 11.8 Å². The minimum atomic E-state index is -4.14. The van der Waals surface area contributed by atoms with Gasteiger partial charge in [0.2, 0.25) is 0 Å². The first kappa shape index (κ1) is 12.5. The van der Waals surface area contributed by atoms with E-state index in [0.29, 0.717) is 11.2 Å². The fraction of sp³-hybridized carbons (Fsp3) is 0.300. The van der Waals surface area contributed by atoms with Crippen molar-refractivity contribution in [2.75, 3.05) is 17.6 Å². The van der Waals surface area contributed by atoms with Crippen molar-refractivity contribution in [2.24, 2.45) is 0 Å². The Hall–Kier alpha value is -1.99. The third-order valence-corrected chi connectivity index (χ3v) is 2.21. The average Bonchev–Trinajstić information content (AvgIpc) is 2.68. The van der Waals surface area contributed by atoms with Crippen LogP contribution in [0, 0.1) is 0 Å². The van der Waals surface area contributed by atoms with Crippen LogP contribution in [-0.4, -0.2) is 23.9 Å². The monoisotopic (exact) mass is 263 g/mol. The molecule has 3 N–H and O–H groups in total. The molecular formula is C10H9F4N3O. The van der Waals surface area contributed by atoms with E-state index in [1.54, 1.807) is 6.07 Å². The summed E-state index contributed by atoms with van der Waals surface area (Å²) in [4.78, 5) is 3.80. The van der Waals surface area contributed by atoms with Gasteiger partial charge in [0.25, 0.3) is 6.01 Å². The maximum absolute atomic E-state index is 12.6. The number of nitrogen functional groups attached to an aromatic ring is 1. The number of nitrogens with one attached hydrogen (secondary N) is 1. The van der Waals surface area contributed by atoms with E-state index in [1.807, 2.05) is 5.32 Å². The Labute approximate surface area is 98.8 Å². The SMILES string of the molecule is Nc1ccc2nc(NCC(F)(F)C(F)F)oc2c1. The van der Waals surface area contributed by atoms with Crippen LogP contribution in [0.2, 0.25) is 0 Å². The Bertz CT molecular complexity index is 555. The Balaban J connectivity index is 2.13. The minimum absolute atomic E-state index is 0.254. The van der Waals surface area contributed by atoms with Gasteiger partial charge in [0.15, 0.2) is 5.58 Å². The van der Waals surface area contributed by atoms with Gasteiger partial charge < -0.3 is 15.5 Å². The van der Waals surface area contributed by atoms with E-state index in [2.05, 4.69) is 4.98 Å². The van der Waals surface area contributed by atoms with E-state index < -0.39 is 18.9 Å². The Morgan fingerprint density at radius 1 is 1.39 bits per heavy atom. The van der Waals surface area contributed by atoms with Gasteiger partial charge >= 0.3 is 12.3 Å². The lowest BCUT2D eigenvalue weighted by molar-refractivity contribution is -0.117. The second kappa shape index (κ2) is 4.35. The largest absolute Gasteiger partial charge is 0.423 e. The van der Waals surface area contributed by atoms with Crippen LogP contribution < -0.4 is 11.1 Å².